The second kappa shape index (κ2) is 5.92. The van der Waals surface area contributed by atoms with E-state index in [1.54, 1.807) is 0 Å². The van der Waals surface area contributed by atoms with E-state index in [2.05, 4.69) is 22.7 Å². The minimum Gasteiger partial charge on any atom is -0.350 e. The van der Waals surface area contributed by atoms with E-state index in [0.717, 1.165) is 30.4 Å². The number of hydrogen-bond acceptors (Lipinski definition) is 4. The van der Waals surface area contributed by atoms with Crippen molar-refractivity contribution in [1.82, 2.24) is 9.47 Å². The fourth-order valence-electron chi connectivity index (χ4n) is 3.58. The molecule has 23 heavy (non-hydrogen) atoms. The van der Waals surface area contributed by atoms with Crippen LogP contribution in [0.3, 0.4) is 0 Å². The Kier molecular flexibility index (Phi) is 4.25. The van der Waals surface area contributed by atoms with Crippen molar-refractivity contribution in [3.05, 3.63) is 35.5 Å². The summed E-state index contributed by atoms with van der Waals surface area (Å²) in [4.78, 5) is 2.36. The van der Waals surface area contributed by atoms with Crippen LogP contribution in [0.15, 0.2) is 24.4 Å². The first kappa shape index (κ1) is 16.5. The maximum Gasteiger partial charge on any atom is 0.167 e. The number of nitrogens with two attached hydrogens (primary N) is 1. The zero-order valence-electron chi connectivity index (χ0n) is 14.0. The largest absolute Gasteiger partial charge is 0.350 e. The van der Waals surface area contributed by atoms with E-state index in [-0.39, 0.29) is 0 Å². The van der Waals surface area contributed by atoms with Gasteiger partial charge in [0.1, 0.15) is 5.37 Å². The van der Waals surface area contributed by atoms with E-state index in [9.17, 15) is 8.42 Å². The average molecular weight is 335 g/mol. The third-order valence-electron chi connectivity index (χ3n) is 4.88. The van der Waals surface area contributed by atoms with E-state index in [1.165, 1.54) is 18.2 Å². The van der Waals surface area contributed by atoms with E-state index in [4.69, 9.17) is 5.73 Å². The molecule has 1 fully saturated rings. The smallest absolute Gasteiger partial charge is 0.167 e. The van der Waals surface area contributed by atoms with Gasteiger partial charge in [-0.1, -0.05) is 6.07 Å². The fraction of sp³-hybridized carbons (Fsp3) is 0.529. The summed E-state index contributed by atoms with van der Waals surface area (Å²) in [5, 5.41) is 0.163. The minimum atomic E-state index is -3.30. The Labute approximate surface area is 138 Å². The Morgan fingerprint density at radius 2 is 2.09 bits per heavy atom. The van der Waals surface area contributed by atoms with Gasteiger partial charge in [-0.2, -0.15) is 0 Å². The van der Waals surface area contributed by atoms with Crippen molar-refractivity contribution in [2.45, 2.75) is 18.2 Å². The maximum absolute atomic E-state index is 11.7. The average Bonchev–Trinajstić information content (AvgIpc) is 3.02. The van der Waals surface area contributed by atoms with Crippen LogP contribution in [0.5, 0.6) is 0 Å². The minimum absolute atomic E-state index is 0.663. The summed E-state index contributed by atoms with van der Waals surface area (Å²) < 4.78 is 25.6. The molecular formula is C17H25N3O2S. The molecule has 2 heterocycles. The number of sulfone groups is 1. The third-order valence-corrected chi connectivity index (χ3v) is 6.08. The van der Waals surface area contributed by atoms with Crippen molar-refractivity contribution in [1.29, 1.82) is 0 Å². The molecule has 1 aromatic carbocycles. The molecule has 6 heteroatoms. The van der Waals surface area contributed by atoms with Gasteiger partial charge in [0.2, 0.25) is 0 Å². The first-order valence-corrected chi connectivity index (χ1v) is 9.92. The predicted molar refractivity (Wildman–Crippen MR) is 94.0 cm³/mol. The van der Waals surface area contributed by atoms with Gasteiger partial charge in [0.05, 0.1) is 0 Å². The van der Waals surface area contributed by atoms with Crippen molar-refractivity contribution in [3.8, 4) is 0 Å². The number of likely N-dealkylation sites (tertiary alicyclic amines) is 1. The predicted octanol–water partition coefficient (Wildman–Crippen LogP) is 1.67. The number of aromatic nitrogens is 1. The highest BCUT2D eigenvalue weighted by atomic mass is 32.2. The van der Waals surface area contributed by atoms with Gasteiger partial charge in [0.25, 0.3) is 0 Å². The molecule has 1 saturated heterocycles. The summed E-state index contributed by atoms with van der Waals surface area (Å²) in [5.74, 6) is 0.665. The van der Waals surface area contributed by atoms with Gasteiger partial charge in [-0.25, -0.2) is 8.42 Å². The molecule has 3 rings (SSSR count). The van der Waals surface area contributed by atoms with E-state index in [1.807, 2.05) is 25.2 Å². The molecule has 0 aliphatic carbocycles. The second-order valence-electron chi connectivity index (χ2n) is 6.91. The number of hydrogen-bond donors (Lipinski definition) is 1. The Bertz CT molecular complexity index is 826. The number of fused-ring (bicyclic) bond motifs is 1. The van der Waals surface area contributed by atoms with Crippen LogP contribution in [0, 0.1) is 5.92 Å². The van der Waals surface area contributed by atoms with Crippen molar-refractivity contribution in [2.24, 2.45) is 18.7 Å². The number of benzene rings is 1. The Morgan fingerprint density at radius 1 is 1.35 bits per heavy atom. The zero-order chi connectivity index (χ0) is 16.8. The summed E-state index contributed by atoms with van der Waals surface area (Å²) in [7, 11) is 0.894. The van der Waals surface area contributed by atoms with Crippen molar-refractivity contribution in [2.75, 3.05) is 26.4 Å². The first-order valence-electron chi connectivity index (χ1n) is 7.96. The van der Waals surface area contributed by atoms with Crippen LogP contribution in [0.1, 0.15) is 22.9 Å². The fourth-order valence-corrected chi connectivity index (χ4v) is 4.22. The molecule has 2 atom stereocenters. The monoisotopic (exact) mass is 335 g/mol. The summed E-state index contributed by atoms with van der Waals surface area (Å²) in [6.07, 6.45) is 5.59. The van der Waals surface area contributed by atoms with Crippen LogP contribution in [0.4, 0.5) is 0 Å². The van der Waals surface area contributed by atoms with Crippen LogP contribution < -0.4 is 5.73 Å². The van der Waals surface area contributed by atoms with Crippen molar-refractivity contribution < 1.29 is 8.42 Å². The van der Waals surface area contributed by atoms with E-state index in [0.29, 0.717) is 11.5 Å². The number of nitrogens with zero attached hydrogens (tertiary/aromatic N) is 2. The molecule has 1 aromatic heterocycles. The molecule has 0 radical (unpaired) electrons. The maximum atomic E-state index is 11.7. The van der Waals surface area contributed by atoms with Gasteiger partial charge in [-0.05, 0) is 55.6 Å². The van der Waals surface area contributed by atoms with Crippen LogP contribution in [0.2, 0.25) is 0 Å². The Balaban J connectivity index is 1.98. The molecule has 0 saturated carbocycles. The number of rotatable bonds is 4. The lowest BCUT2D eigenvalue weighted by Gasteiger charge is -2.12. The highest BCUT2D eigenvalue weighted by molar-refractivity contribution is 7.90. The van der Waals surface area contributed by atoms with Crippen LogP contribution >= 0.6 is 0 Å². The molecule has 0 amide bonds. The van der Waals surface area contributed by atoms with Gasteiger partial charge in [0.15, 0.2) is 9.84 Å². The molecule has 2 N–H and O–H groups in total. The topological polar surface area (TPSA) is 68.3 Å². The van der Waals surface area contributed by atoms with Gasteiger partial charge in [-0.3, -0.25) is 0 Å². The van der Waals surface area contributed by atoms with E-state index < -0.39 is 15.2 Å². The van der Waals surface area contributed by atoms with Crippen LogP contribution in [-0.2, 0) is 23.3 Å². The van der Waals surface area contributed by atoms with E-state index >= 15 is 0 Å². The molecule has 0 bridgehead atoms. The van der Waals surface area contributed by atoms with Gasteiger partial charge in [-0.15, -0.1) is 0 Å². The van der Waals surface area contributed by atoms with Gasteiger partial charge < -0.3 is 15.2 Å². The van der Waals surface area contributed by atoms with Gasteiger partial charge >= 0.3 is 0 Å². The summed E-state index contributed by atoms with van der Waals surface area (Å²) in [5.41, 5.74) is 8.97. The number of aryl methyl sites for hydroxylation is 1. The zero-order valence-corrected chi connectivity index (χ0v) is 14.8. The Morgan fingerprint density at radius 3 is 2.70 bits per heavy atom. The molecule has 2 aromatic rings. The highest BCUT2D eigenvalue weighted by Crippen LogP contribution is 2.29. The molecular weight excluding hydrogens is 310 g/mol. The van der Waals surface area contributed by atoms with Crippen LogP contribution in [0.25, 0.3) is 10.9 Å². The summed E-state index contributed by atoms with van der Waals surface area (Å²) in [6, 6.07) is 5.75. The summed E-state index contributed by atoms with van der Waals surface area (Å²) in [6.45, 7) is 2.28. The van der Waals surface area contributed by atoms with Gasteiger partial charge in [0, 0.05) is 36.9 Å². The lowest BCUT2D eigenvalue weighted by atomic mass is 9.97. The quantitative estimate of drug-likeness (QED) is 0.923. The normalized spacial score (nSPS) is 21.1. The summed E-state index contributed by atoms with van der Waals surface area (Å²) >= 11 is 0. The first-order chi connectivity index (χ1) is 10.8. The molecule has 5 nitrogen and oxygen atoms in total. The lowest BCUT2D eigenvalue weighted by Crippen LogP contribution is -2.20. The SMILES string of the molecule is CN1CCC(Cc2cn(C)c3ccc(C(N)S(C)(=O)=O)cc23)C1. The molecule has 1 aliphatic rings. The molecule has 126 valence electrons. The Hall–Kier alpha value is -1.37. The third kappa shape index (κ3) is 3.29. The highest BCUT2D eigenvalue weighted by Gasteiger charge is 2.23. The molecule has 2 unspecified atom stereocenters. The molecule has 1 aliphatic heterocycles. The standard InChI is InChI=1S/C17H25N3O2S/c1-19-7-6-12(10-19)8-14-11-20(2)16-5-4-13(9-15(14)16)17(18)23(3,21)22/h4-5,9,11-12,17H,6-8,10,18H2,1-3H3. The second-order valence-corrected chi connectivity index (χ2v) is 9.08. The van der Waals surface area contributed by atoms with Crippen molar-refractivity contribution >= 4 is 20.7 Å². The molecule has 0 spiro atoms. The lowest BCUT2D eigenvalue weighted by molar-refractivity contribution is 0.394. The van der Waals surface area contributed by atoms with Crippen LogP contribution in [-0.4, -0.2) is 44.3 Å². The van der Waals surface area contributed by atoms with Crippen molar-refractivity contribution in [3.63, 3.8) is 0 Å².